The maximum atomic E-state index is 14.1. The first-order chi connectivity index (χ1) is 18.4. The van der Waals surface area contributed by atoms with Crippen molar-refractivity contribution in [2.75, 3.05) is 25.0 Å². The van der Waals surface area contributed by atoms with Crippen molar-refractivity contribution in [3.05, 3.63) is 71.3 Å². The quantitative estimate of drug-likeness (QED) is 0.322. The fourth-order valence-electron chi connectivity index (χ4n) is 5.09. The number of likely N-dealkylation sites (tertiary alicyclic amines) is 1. The molecular formula is C26H32F2N8O2. The van der Waals surface area contributed by atoms with Gasteiger partial charge in [-0.25, -0.2) is 29.1 Å². The van der Waals surface area contributed by atoms with Crippen LogP contribution in [0.2, 0.25) is 0 Å². The highest BCUT2D eigenvalue weighted by Crippen LogP contribution is 2.32. The van der Waals surface area contributed by atoms with E-state index in [1.54, 1.807) is 10.7 Å². The Morgan fingerprint density at radius 3 is 2.61 bits per heavy atom. The molecule has 2 aliphatic rings. The smallest absolute Gasteiger partial charge is 0.320 e. The number of carbonyl (C=O) groups excluding carboxylic acids is 1. The van der Waals surface area contributed by atoms with Crippen molar-refractivity contribution < 1.29 is 18.3 Å². The van der Waals surface area contributed by atoms with Crippen molar-refractivity contribution in [2.45, 2.75) is 44.9 Å². The lowest BCUT2D eigenvalue weighted by molar-refractivity contribution is 0.198. The largest absolute Gasteiger partial charge is 0.477 e. The fraction of sp³-hybridized carbons (Fsp3) is 0.385. The van der Waals surface area contributed by atoms with Gasteiger partial charge in [-0.05, 0) is 50.6 Å². The van der Waals surface area contributed by atoms with E-state index in [1.165, 1.54) is 6.07 Å². The zero-order chi connectivity index (χ0) is 26.8. The third-order valence-corrected chi connectivity index (χ3v) is 7.02. The molecule has 2 saturated heterocycles. The Kier molecular flexibility index (Phi) is 7.56. The summed E-state index contributed by atoms with van der Waals surface area (Å²) in [5.41, 5.74) is 11.3. The van der Waals surface area contributed by atoms with Crippen LogP contribution in [0.5, 0.6) is 5.88 Å². The molecule has 0 spiro atoms. The van der Waals surface area contributed by atoms with Crippen LogP contribution < -0.4 is 31.8 Å². The van der Waals surface area contributed by atoms with Gasteiger partial charge in [0.2, 0.25) is 5.88 Å². The number of benzene rings is 2. The highest BCUT2D eigenvalue weighted by atomic mass is 19.2. The molecule has 0 radical (unpaired) electrons. The van der Waals surface area contributed by atoms with Crippen molar-refractivity contribution in [1.82, 2.24) is 36.4 Å². The Balaban J connectivity index is 1.39. The monoisotopic (exact) mass is 526 g/mol. The molecular weight excluding hydrogens is 494 g/mol. The highest BCUT2D eigenvalue weighted by molar-refractivity contribution is 5.90. The minimum Gasteiger partial charge on any atom is -0.477 e. The number of aromatic nitrogens is 2. The zero-order valence-corrected chi connectivity index (χ0v) is 21.5. The molecule has 2 aliphatic heterocycles. The fourth-order valence-corrected chi connectivity index (χ4v) is 5.09. The second kappa shape index (κ2) is 11.0. The van der Waals surface area contributed by atoms with Crippen molar-refractivity contribution >= 4 is 11.8 Å². The van der Waals surface area contributed by atoms with E-state index in [9.17, 15) is 13.6 Å². The Labute approximate surface area is 219 Å². The third-order valence-electron chi connectivity index (χ3n) is 7.02. The number of amides is 2. The van der Waals surface area contributed by atoms with Gasteiger partial charge in [-0.3, -0.25) is 10.2 Å². The molecule has 12 heteroatoms. The van der Waals surface area contributed by atoms with Gasteiger partial charge in [-0.15, -0.1) is 5.10 Å². The number of ether oxygens (including phenoxy) is 1. The minimum absolute atomic E-state index is 0.0480. The Morgan fingerprint density at radius 2 is 1.92 bits per heavy atom. The van der Waals surface area contributed by atoms with Gasteiger partial charge in [0.1, 0.15) is 5.82 Å². The molecule has 2 amide bonds. The minimum atomic E-state index is -0.911. The molecule has 4 atom stereocenters. The summed E-state index contributed by atoms with van der Waals surface area (Å²) in [6.45, 7) is 7.21. The first-order valence-corrected chi connectivity index (χ1v) is 12.7. The predicted octanol–water partition coefficient (Wildman–Crippen LogP) is 2.77. The summed E-state index contributed by atoms with van der Waals surface area (Å²) in [4.78, 5) is 15.5. The van der Waals surface area contributed by atoms with E-state index in [2.05, 4.69) is 37.0 Å². The van der Waals surface area contributed by atoms with Crippen molar-refractivity contribution in [3.8, 4) is 11.6 Å². The lowest BCUT2D eigenvalue weighted by atomic mass is 9.94. The van der Waals surface area contributed by atoms with Crippen LogP contribution in [0, 0.1) is 18.6 Å². The van der Waals surface area contributed by atoms with Crippen molar-refractivity contribution in [1.29, 1.82) is 0 Å². The number of nitrogens with one attached hydrogen (secondary N) is 5. The number of urea groups is 1. The van der Waals surface area contributed by atoms with E-state index in [4.69, 9.17) is 4.74 Å². The highest BCUT2D eigenvalue weighted by Gasteiger charge is 2.41. The summed E-state index contributed by atoms with van der Waals surface area (Å²) in [7, 11) is 0. The second-order valence-corrected chi connectivity index (χ2v) is 9.55. The lowest BCUT2D eigenvalue weighted by Crippen LogP contribution is -2.49. The van der Waals surface area contributed by atoms with Crippen LogP contribution in [0.4, 0.5) is 19.4 Å². The van der Waals surface area contributed by atoms with E-state index in [0.717, 1.165) is 11.8 Å². The Hall–Kier alpha value is -3.58. The number of rotatable bonds is 7. The standard InChI is InChI=1S/C26H32F2N8O2/c1-4-38-25-15(2)23(36(33-25)18-8-6-5-7-9-18)30-26(37)29-22-14-35(24-16(3)31-34-32-24)13-19(22)17-10-11-20(27)21(28)12-17/h5-12,16,19,22,24,31-32,34H,4,13-14H2,1-3H3,(H2,29,30,37)/t16?,19-,22+,24?/m0/s1. The summed E-state index contributed by atoms with van der Waals surface area (Å²) in [6.07, 6.45) is -0.0480. The summed E-state index contributed by atoms with van der Waals surface area (Å²) < 4.78 is 35.1. The molecule has 2 fully saturated rings. The molecule has 3 aromatic rings. The molecule has 10 nitrogen and oxygen atoms in total. The van der Waals surface area contributed by atoms with Gasteiger partial charge in [0.15, 0.2) is 11.6 Å². The molecule has 0 bridgehead atoms. The second-order valence-electron chi connectivity index (χ2n) is 9.55. The summed E-state index contributed by atoms with van der Waals surface area (Å²) in [5, 5.41) is 10.6. The normalized spacial score (nSPS) is 23.5. The maximum Gasteiger partial charge on any atom is 0.320 e. The van der Waals surface area contributed by atoms with E-state index < -0.39 is 17.7 Å². The van der Waals surface area contributed by atoms with Crippen molar-refractivity contribution in [3.63, 3.8) is 0 Å². The number of anilines is 1. The molecule has 5 rings (SSSR count). The van der Waals surface area contributed by atoms with Gasteiger partial charge >= 0.3 is 6.03 Å². The lowest BCUT2D eigenvalue weighted by Gasteiger charge is -2.26. The SMILES string of the molecule is CCOc1nn(-c2ccccc2)c(NC(=O)N[C@@H]2CN(C3NNNC3C)C[C@H]2c2ccc(F)c(F)c2)c1C. The van der Waals surface area contributed by atoms with Crippen LogP contribution >= 0.6 is 0 Å². The van der Waals surface area contributed by atoms with Gasteiger partial charge < -0.3 is 10.1 Å². The van der Waals surface area contributed by atoms with Gasteiger partial charge in [-0.2, -0.15) is 5.53 Å². The first-order valence-electron chi connectivity index (χ1n) is 12.7. The molecule has 2 unspecified atom stereocenters. The number of halogens is 2. The van der Waals surface area contributed by atoms with Crippen molar-refractivity contribution in [2.24, 2.45) is 0 Å². The number of hydrogen-bond acceptors (Lipinski definition) is 7. The van der Waals surface area contributed by atoms with E-state index in [1.807, 2.05) is 51.1 Å². The Morgan fingerprint density at radius 1 is 1.13 bits per heavy atom. The summed E-state index contributed by atoms with van der Waals surface area (Å²) >= 11 is 0. The number of hydrogen-bond donors (Lipinski definition) is 5. The average Bonchev–Trinajstić information content (AvgIpc) is 3.60. The summed E-state index contributed by atoms with van der Waals surface area (Å²) in [6, 6.07) is 12.6. The maximum absolute atomic E-state index is 14.1. The number of carbonyl (C=O) groups is 1. The molecule has 38 heavy (non-hydrogen) atoms. The molecule has 5 N–H and O–H groups in total. The summed E-state index contributed by atoms with van der Waals surface area (Å²) in [5.74, 6) is -1.16. The van der Waals surface area contributed by atoms with Crippen LogP contribution in [-0.4, -0.2) is 58.7 Å². The topological polar surface area (TPSA) is 108 Å². The molecule has 0 saturated carbocycles. The van der Waals surface area contributed by atoms with Crippen LogP contribution in [0.1, 0.15) is 30.9 Å². The van der Waals surface area contributed by atoms with Crippen LogP contribution in [0.25, 0.3) is 5.69 Å². The molecule has 202 valence electrons. The van der Waals surface area contributed by atoms with E-state index in [-0.39, 0.29) is 24.2 Å². The third kappa shape index (κ3) is 5.20. The Bertz CT molecular complexity index is 1290. The average molecular weight is 527 g/mol. The number of hydrazine groups is 2. The van der Waals surface area contributed by atoms with Gasteiger partial charge in [0.05, 0.1) is 30.1 Å². The van der Waals surface area contributed by atoms with Crippen LogP contribution in [0.3, 0.4) is 0 Å². The molecule has 3 heterocycles. The van der Waals surface area contributed by atoms with Crippen LogP contribution in [-0.2, 0) is 0 Å². The van der Waals surface area contributed by atoms with Crippen LogP contribution in [0.15, 0.2) is 48.5 Å². The first kappa shape index (κ1) is 26.0. The zero-order valence-electron chi connectivity index (χ0n) is 21.5. The van der Waals surface area contributed by atoms with Gasteiger partial charge in [0, 0.05) is 25.0 Å². The van der Waals surface area contributed by atoms with E-state index in [0.29, 0.717) is 42.5 Å². The number of para-hydroxylation sites is 1. The molecule has 0 aliphatic carbocycles. The molecule has 2 aromatic carbocycles. The van der Waals surface area contributed by atoms with Gasteiger partial charge in [0.25, 0.3) is 0 Å². The predicted molar refractivity (Wildman–Crippen MR) is 139 cm³/mol. The number of nitrogens with zero attached hydrogens (tertiary/aromatic N) is 3. The van der Waals surface area contributed by atoms with E-state index >= 15 is 0 Å². The molecule has 1 aromatic heterocycles. The van der Waals surface area contributed by atoms with Gasteiger partial charge in [-0.1, -0.05) is 24.3 Å².